The SMILES string of the molecule is CCCCCCCCCCCCCCCC(=O)N[C@@H](CCC(=O)NCCCC[C@@H](NC(=O)OCC1c2ccccc2-c2ccccc21)C(=O)O)C(=O)OC(C)(C)C. The van der Waals surface area contributed by atoms with Crippen LogP contribution in [0.1, 0.15) is 167 Å². The summed E-state index contributed by atoms with van der Waals surface area (Å²) in [4.78, 5) is 63.0. The second-order valence-electron chi connectivity index (χ2n) is 16.4. The Hall–Kier alpha value is -4.41. The molecule has 0 aliphatic heterocycles. The summed E-state index contributed by atoms with van der Waals surface area (Å²) in [7, 11) is 0. The fourth-order valence-electron chi connectivity index (χ4n) is 7.30. The van der Waals surface area contributed by atoms with Crippen molar-refractivity contribution in [3.8, 4) is 11.1 Å². The van der Waals surface area contributed by atoms with Crippen molar-refractivity contribution in [1.82, 2.24) is 16.0 Å². The van der Waals surface area contributed by atoms with Crippen LogP contribution in [0.25, 0.3) is 11.1 Å². The van der Waals surface area contributed by atoms with Gasteiger partial charge in [0.1, 0.15) is 24.3 Å². The van der Waals surface area contributed by atoms with E-state index in [9.17, 15) is 29.1 Å². The van der Waals surface area contributed by atoms with Gasteiger partial charge in [-0.1, -0.05) is 133 Å². The van der Waals surface area contributed by atoms with Crippen LogP contribution in [0.5, 0.6) is 0 Å². The zero-order valence-electron chi connectivity index (χ0n) is 35.0. The molecule has 316 valence electrons. The highest BCUT2D eigenvalue weighted by molar-refractivity contribution is 5.85. The molecule has 0 fully saturated rings. The van der Waals surface area contributed by atoms with Crippen LogP contribution < -0.4 is 16.0 Å². The Balaban J connectivity index is 1.31. The standard InChI is InChI=1S/C46H69N3O8/c1-5-6-7-8-9-10-11-12-13-14-15-16-17-29-42(51)48-40(44(54)57-46(2,3)4)30-31-41(50)47-32-23-22-28-39(43(52)53)49-45(55)56-33-38-36-26-20-18-24-34(36)35-25-19-21-27-37(35)38/h18-21,24-27,38-40H,5-17,22-23,28-33H2,1-4H3,(H,47,50)(H,48,51)(H,49,55)(H,52,53)/t39-,40+/m1/s1. The van der Waals surface area contributed by atoms with Crippen LogP contribution in [0.4, 0.5) is 4.79 Å². The average Bonchev–Trinajstić information content (AvgIpc) is 3.49. The molecule has 0 bridgehead atoms. The molecule has 1 aliphatic rings. The maximum absolute atomic E-state index is 12.9. The number of ether oxygens (including phenoxy) is 2. The van der Waals surface area contributed by atoms with Crippen molar-refractivity contribution < 1.29 is 38.6 Å². The second kappa shape index (κ2) is 25.8. The molecule has 2 aromatic rings. The van der Waals surface area contributed by atoms with Crippen LogP contribution in [-0.4, -0.2) is 65.8 Å². The third-order valence-electron chi connectivity index (χ3n) is 10.4. The average molecular weight is 792 g/mol. The molecular formula is C46H69N3O8. The molecule has 4 N–H and O–H groups in total. The first-order chi connectivity index (χ1) is 27.4. The lowest BCUT2D eigenvalue weighted by atomic mass is 9.98. The van der Waals surface area contributed by atoms with Gasteiger partial charge in [-0.25, -0.2) is 14.4 Å². The number of carbonyl (C=O) groups excluding carboxylic acids is 4. The molecule has 11 nitrogen and oxygen atoms in total. The number of carbonyl (C=O) groups is 5. The predicted octanol–water partition coefficient (Wildman–Crippen LogP) is 9.35. The summed E-state index contributed by atoms with van der Waals surface area (Å²) in [6.07, 6.45) is 16.5. The summed E-state index contributed by atoms with van der Waals surface area (Å²) in [5, 5.41) is 17.8. The van der Waals surface area contributed by atoms with E-state index in [0.29, 0.717) is 25.8 Å². The topological polar surface area (TPSA) is 160 Å². The van der Waals surface area contributed by atoms with Gasteiger partial charge >= 0.3 is 18.0 Å². The lowest BCUT2D eigenvalue weighted by molar-refractivity contribution is -0.159. The first-order valence-electron chi connectivity index (χ1n) is 21.5. The van der Waals surface area contributed by atoms with E-state index >= 15 is 0 Å². The lowest BCUT2D eigenvalue weighted by Crippen LogP contribution is -2.44. The summed E-state index contributed by atoms with van der Waals surface area (Å²) in [6, 6.07) is 13.9. The quantitative estimate of drug-likeness (QED) is 0.0490. The Morgan fingerprint density at radius 1 is 0.649 bits per heavy atom. The number of alkyl carbamates (subject to hydrolysis) is 1. The molecule has 0 spiro atoms. The van der Waals surface area contributed by atoms with Crippen LogP contribution in [0, 0.1) is 0 Å². The number of unbranched alkanes of at least 4 members (excludes halogenated alkanes) is 13. The molecule has 1 aliphatic carbocycles. The number of aliphatic carboxylic acids is 1. The minimum atomic E-state index is -1.17. The highest BCUT2D eigenvalue weighted by Gasteiger charge is 2.30. The van der Waals surface area contributed by atoms with Gasteiger partial charge in [0.05, 0.1) is 0 Å². The van der Waals surface area contributed by atoms with Crippen molar-refractivity contribution in [2.45, 2.75) is 173 Å². The van der Waals surface area contributed by atoms with Crippen molar-refractivity contribution in [2.24, 2.45) is 0 Å². The Bertz CT molecular complexity index is 1510. The van der Waals surface area contributed by atoms with Gasteiger partial charge in [0, 0.05) is 25.3 Å². The zero-order chi connectivity index (χ0) is 41.5. The molecule has 0 radical (unpaired) electrons. The fraction of sp³-hybridized carbons (Fsp3) is 0.630. The smallest absolute Gasteiger partial charge is 0.407 e. The molecule has 3 amide bonds. The minimum Gasteiger partial charge on any atom is -0.480 e. The Morgan fingerprint density at radius 3 is 1.74 bits per heavy atom. The Kier molecular flexibility index (Phi) is 21.2. The highest BCUT2D eigenvalue weighted by atomic mass is 16.6. The van der Waals surface area contributed by atoms with Crippen molar-refractivity contribution in [3.63, 3.8) is 0 Å². The minimum absolute atomic E-state index is 0.00399. The molecule has 2 atom stereocenters. The number of carboxylic acids is 1. The Labute approximate surface area is 340 Å². The first kappa shape index (κ1) is 47.0. The van der Waals surface area contributed by atoms with Crippen molar-refractivity contribution in [1.29, 1.82) is 0 Å². The van der Waals surface area contributed by atoms with E-state index in [1.165, 1.54) is 64.2 Å². The molecule has 0 saturated carbocycles. The predicted molar refractivity (Wildman–Crippen MR) is 224 cm³/mol. The highest BCUT2D eigenvalue weighted by Crippen LogP contribution is 2.44. The van der Waals surface area contributed by atoms with Crippen molar-refractivity contribution in [3.05, 3.63) is 59.7 Å². The van der Waals surface area contributed by atoms with Crippen molar-refractivity contribution >= 4 is 29.8 Å². The second-order valence-corrected chi connectivity index (χ2v) is 16.4. The van der Waals surface area contributed by atoms with Crippen LogP contribution in [0.3, 0.4) is 0 Å². The maximum Gasteiger partial charge on any atom is 0.407 e. The van der Waals surface area contributed by atoms with Gasteiger partial charge in [-0.05, 0) is 75.1 Å². The van der Waals surface area contributed by atoms with E-state index in [2.05, 4.69) is 22.9 Å². The van der Waals surface area contributed by atoms with Crippen molar-refractivity contribution in [2.75, 3.05) is 13.2 Å². The van der Waals surface area contributed by atoms with Crippen LogP contribution in [0.2, 0.25) is 0 Å². The molecule has 2 aromatic carbocycles. The number of hydrogen-bond donors (Lipinski definition) is 4. The number of nitrogens with one attached hydrogen (secondary N) is 3. The molecule has 11 heteroatoms. The maximum atomic E-state index is 12.9. The van der Waals surface area contributed by atoms with Crippen LogP contribution in [-0.2, 0) is 28.7 Å². The zero-order valence-corrected chi connectivity index (χ0v) is 35.0. The van der Waals surface area contributed by atoms with Crippen LogP contribution in [0.15, 0.2) is 48.5 Å². The van der Waals surface area contributed by atoms with Gasteiger partial charge in [0.2, 0.25) is 11.8 Å². The monoisotopic (exact) mass is 792 g/mol. The van der Waals surface area contributed by atoms with Crippen LogP contribution >= 0.6 is 0 Å². The summed E-state index contributed by atoms with van der Waals surface area (Å²) < 4.78 is 11.1. The van der Waals surface area contributed by atoms with Gasteiger partial charge in [-0.3, -0.25) is 9.59 Å². The number of rotatable bonds is 28. The summed E-state index contributed by atoms with van der Waals surface area (Å²) in [6.45, 7) is 7.88. The molecule has 0 saturated heterocycles. The van der Waals surface area contributed by atoms with E-state index in [-0.39, 0.29) is 43.6 Å². The lowest BCUT2D eigenvalue weighted by Gasteiger charge is -2.24. The number of benzene rings is 2. The van der Waals surface area contributed by atoms with Gasteiger partial charge in [-0.15, -0.1) is 0 Å². The molecule has 3 rings (SSSR count). The number of esters is 1. The van der Waals surface area contributed by atoms with Gasteiger partial charge in [0.25, 0.3) is 0 Å². The molecule has 0 unspecified atom stereocenters. The van der Waals surface area contributed by atoms with Gasteiger partial charge in [-0.2, -0.15) is 0 Å². The van der Waals surface area contributed by atoms with E-state index in [1.54, 1.807) is 20.8 Å². The summed E-state index contributed by atoms with van der Waals surface area (Å²) in [5.74, 6) is -2.40. The van der Waals surface area contributed by atoms with E-state index in [0.717, 1.165) is 41.5 Å². The normalized spacial score (nSPS) is 13.2. The largest absolute Gasteiger partial charge is 0.480 e. The third kappa shape index (κ3) is 18.2. The van der Waals surface area contributed by atoms with Gasteiger partial charge in [0.15, 0.2) is 0 Å². The number of carboxylic acid groups (broad SMARTS) is 1. The Morgan fingerprint density at radius 2 is 1.19 bits per heavy atom. The molecule has 0 heterocycles. The van der Waals surface area contributed by atoms with Gasteiger partial charge < -0.3 is 30.5 Å². The molecular weight excluding hydrogens is 723 g/mol. The summed E-state index contributed by atoms with van der Waals surface area (Å²) >= 11 is 0. The third-order valence-corrected chi connectivity index (χ3v) is 10.4. The van der Waals surface area contributed by atoms with E-state index in [1.807, 2.05) is 48.5 Å². The first-order valence-corrected chi connectivity index (χ1v) is 21.5. The summed E-state index contributed by atoms with van der Waals surface area (Å²) in [5.41, 5.74) is 3.58. The fourth-order valence-corrected chi connectivity index (χ4v) is 7.30. The molecule has 0 aromatic heterocycles. The van der Waals surface area contributed by atoms with E-state index in [4.69, 9.17) is 9.47 Å². The molecule has 57 heavy (non-hydrogen) atoms. The number of fused-ring (bicyclic) bond motifs is 3. The number of hydrogen-bond acceptors (Lipinski definition) is 7. The van der Waals surface area contributed by atoms with E-state index < -0.39 is 35.7 Å². The number of amides is 3.